The fourth-order valence-corrected chi connectivity index (χ4v) is 3.98. The van der Waals surface area contributed by atoms with Gasteiger partial charge in [0.2, 0.25) is 5.91 Å². The number of fused-ring (bicyclic) bond motifs is 1. The Bertz CT molecular complexity index is 943. The summed E-state index contributed by atoms with van der Waals surface area (Å²) in [4.78, 5) is 35.4. The first-order chi connectivity index (χ1) is 12.2. The molecule has 3 aromatic heterocycles. The normalized spacial score (nSPS) is 15.6. The van der Waals surface area contributed by atoms with Gasteiger partial charge in [0, 0.05) is 25.3 Å². The van der Waals surface area contributed by atoms with Crippen molar-refractivity contribution < 1.29 is 4.79 Å². The Morgan fingerprint density at radius 2 is 2.08 bits per heavy atom. The summed E-state index contributed by atoms with van der Waals surface area (Å²) in [5.74, 6) is 0.157. The lowest BCUT2D eigenvalue weighted by Crippen LogP contribution is -2.41. The van der Waals surface area contributed by atoms with Gasteiger partial charge in [-0.15, -0.1) is 0 Å². The molecule has 1 aliphatic rings. The summed E-state index contributed by atoms with van der Waals surface area (Å²) in [6.07, 6.45) is 5.21. The second-order valence-corrected chi connectivity index (χ2v) is 7.03. The van der Waals surface area contributed by atoms with Crippen LogP contribution in [0.15, 0.2) is 46.3 Å². The van der Waals surface area contributed by atoms with Crippen LogP contribution in [-0.4, -0.2) is 38.4 Å². The van der Waals surface area contributed by atoms with Crippen LogP contribution in [0.1, 0.15) is 24.4 Å². The van der Waals surface area contributed by atoms with Crippen molar-refractivity contribution in [1.82, 2.24) is 19.4 Å². The van der Waals surface area contributed by atoms with Gasteiger partial charge in [0.25, 0.3) is 5.56 Å². The summed E-state index contributed by atoms with van der Waals surface area (Å²) in [5, 5.41) is 4.54. The minimum Gasteiger partial charge on any atom is -0.342 e. The molecular formula is C18H18N4O2S. The standard InChI is InChI=1S/C18H18N4O2S/c23-16(10-13-5-9-25-11-13)21-7-3-14(4-8-21)22-12-20-17-15(18(22)24)2-1-6-19-17/h1-2,5-6,9,11-12,14H,3-4,7-8,10H2. The molecule has 0 atom stereocenters. The third kappa shape index (κ3) is 3.19. The Morgan fingerprint density at radius 1 is 1.24 bits per heavy atom. The molecule has 0 N–H and O–H groups in total. The lowest BCUT2D eigenvalue weighted by atomic mass is 10.0. The quantitative estimate of drug-likeness (QED) is 0.723. The van der Waals surface area contributed by atoms with Crippen LogP contribution >= 0.6 is 11.3 Å². The predicted molar refractivity (Wildman–Crippen MR) is 96.7 cm³/mol. The minimum atomic E-state index is -0.0545. The van der Waals surface area contributed by atoms with Gasteiger partial charge in [-0.1, -0.05) is 0 Å². The second kappa shape index (κ2) is 6.76. The Hall–Kier alpha value is -2.54. The van der Waals surface area contributed by atoms with E-state index in [1.54, 1.807) is 40.6 Å². The summed E-state index contributed by atoms with van der Waals surface area (Å²) < 4.78 is 1.70. The number of likely N-dealkylation sites (tertiary alicyclic amines) is 1. The van der Waals surface area contributed by atoms with Crippen molar-refractivity contribution >= 4 is 28.3 Å². The van der Waals surface area contributed by atoms with Gasteiger partial charge < -0.3 is 4.90 Å². The molecule has 1 aliphatic heterocycles. The molecule has 0 aliphatic carbocycles. The van der Waals surface area contributed by atoms with Gasteiger partial charge in [-0.25, -0.2) is 9.97 Å². The molecule has 4 rings (SSSR count). The molecule has 1 fully saturated rings. The molecule has 4 heterocycles. The molecule has 0 spiro atoms. The van der Waals surface area contributed by atoms with Crippen molar-refractivity contribution in [1.29, 1.82) is 0 Å². The average Bonchev–Trinajstić information content (AvgIpc) is 3.15. The number of hydrogen-bond donors (Lipinski definition) is 0. The van der Waals surface area contributed by atoms with E-state index < -0.39 is 0 Å². The zero-order valence-corrected chi connectivity index (χ0v) is 14.5. The number of piperidine rings is 1. The molecule has 7 heteroatoms. The van der Waals surface area contributed by atoms with Gasteiger partial charge in [0.05, 0.1) is 11.8 Å². The Balaban J connectivity index is 1.46. The number of pyridine rings is 1. The fraction of sp³-hybridized carbons (Fsp3) is 0.333. The third-order valence-electron chi connectivity index (χ3n) is 4.70. The summed E-state index contributed by atoms with van der Waals surface area (Å²) in [6, 6.07) is 5.58. The van der Waals surface area contributed by atoms with E-state index in [1.165, 1.54) is 0 Å². The van der Waals surface area contributed by atoms with Gasteiger partial charge in [-0.2, -0.15) is 11.3 Å². The van der Waals surface area contributed by atoms with Crippen LogP contribution in [0.5, 0.6) is 0 Å². The van der Waals surface area contributed by atoms with Gasteiger partial charge in [0.15, 0.2) is 5.65 Å². The number of carbonyl (C=O) groups is 1. The summed E-state index contributed by atoms with van der Waals surface area (Å²) in [6.45, 7) is 1.34. The number of carbonyl (C=O) groups excluding carboxylic acids is 1. The molecule has 0 saturated carbocycles. The SMILES string of the molecule is O=C(Cc1ccsc1)N1CCC(n2cnc3ncccc3c2=O)CC1. The highest BCUT2D eigenvalue weighted by molar-refractivity contribution is 7.08. The van der Waals surface area contributed by atoms with Crippen molar-refractivity contribution in [3.63, 3.8) is 0 Å². The molecule has 0 aromatic carbocycles. The van der Waals surface area contributed by atoms with Crippen LogP contribution in [-0.2, 0) is 11.2 Å². The third-order valence-corrected chi connectivity index (χ3v) is 5.43. The van der Waals surface area contributed by atoms with Crippen LogP contribution in [0.25, 0.3) is 11.0 Å². The maximum Gasteiger partial charge on any atom is 0.263 e. The number of hydrogen-bond acceptors (Lipinski definition) is 5. The fourth-order valence-electron chi connectivity index (χ4n) is 3.31. The molecule has 1 amide bonds. The molecule has 0 radical (unpaired) electrons. The highest BCUT2D eigenvalue weighted by atomic mass is 32.1. The predicted octanol–water partition coefficient (Wildman–Crippen LogP) is 2.26. The number of aromatic nitrogens is 3. The zero-order chi connectivity index (χ0) is 17.2. The molecule has 25 heavy (non-hydrogen) atoms. The molecule has 6 nitrogen and oxygen atoms in total. The van der Waals surface area contributed by atoms with Gasteiger partial charge in [0.1, 0.15) is 6.33 Å². The van der Waals surface area contributed by atoms with Crippen molar-refractivity contribution in [3.8, 4) is 0 Å². The van der Waals surface area contributed by atoms with Gasteiger partial charge in [-0.05, 0) is 47.4 Å². The summed E-state index contributed by atoms with van der Waals surface area (Å²) >= 11 is 1.61. The van der Waals surface area contributed by atoms with Crippen LogP contribution in [0.3, 0.4) is 0 Å². The first kappa shape index (κ1) is 16.0. The van der Waals surface area contributed by atoms with Crippen molar-refractivity contribution in [2.45, 2.75) is 25.3 Å². The Labute approximate surface area is 148 Å². The van der Waals surface area contributed by atoms with Crippen LogP contribution in [0, 0.1) is 0 Å². The smallest absolute Gasteiger partial charge is 0.263 e. The molecule has 0 unspecified atom stereocenters. The largest absolute Gasteiger partial charge is 0.342 e. The number of amides is 1. The summed E-state index contributed by atoms with van der Waals surface area (Å²) in [5.41, 5.74) is 1.49. The second-order valence-electron chi connectivity index (χ2n) is 6.25. The lowest BCUT2D eigenvalue weighted by molar-refractivity contribution is -0.131. The molecule has 0 bridgehead atoms. The van der Waals surface area contributed by atoms with E-state index in [4.69, 9.17) is 0 Å². The average molecular weight is 354 g/mol. The first-order valence-corrected chi connectivity index (χ1v) is 9.27. The van der Waals surface area contributed by atoms with E-state index >= 15 is 0 Å². The van der Waals surface area contributed by atoms with Crippen LogP contribution in [0.4, 0.5) is 0 Å². The van der Waals surface area contributed by atoms with Crippen molar-refractivity contribution in [2.24, 2.45) is 0 Å². The Kier molecular flexibility index (Phi) is 4.31. The van der Waals surface area contributed by atoms with E-state index in [1.807, 2.05) is 21.7 Å². The van der Waals surface area contributed by atoms with Crippen LogP contribution < -0.4 is 5.56 Å². The summed E-state index contributed by atoms with van der Waals surface area (Å²) in [7, 11) is 0. The van der Waals surface area contributed by atoms with E-state index in [9.17, 15) is 9.59 Å². The van der Waals surface area contributed by atoms with Crippen molar-refractivity contribution in [2.75, 3.05) is 13.1 Å². The van der Waals surface area contributed by atoms with Crippen LogP contribution in [0.2, 0.25) is 0 Å². The molecule has 128 valence electrons. The van der Waals surface area contributed by atoms with E-state index in [-0.39, 0.29) is 17.5 Å². The highest BCUT2D eigenvalue weighted by Gasteiger charge is 2.25. The monoisotopic (exact) mass is 354 g/mol. The maximum absolute atomic E-state index is 12.7. The molecular weight excluding hydrogens is 336 g/mol. The molecule has 3 aromatic rings. The number of nitrogens with zero attached hydrogens (tertiary/aromatic N) is 4. The van der Waals surface area contributed by atoms with E-state index in [0.717, 1.165) is 18.4 Å². The van der Waals surface area contributed by atoms with Gasteiger partial charge in [-0.3, -0.25) is 14.2 Å². The molecule has 1 saturated heterocycles. The Morgan fingerprint density at radius 3 is 2.84 bits per heavy atom. The van der Waals surface area contributed by atoms with Gasteiger partial charge >= 0.3 is 0 Å². The maximum atomic E-state index is 12.7. The first-order valence-electron chi connectivity index (χ1n) is 8.33. The number of thiophene rings is 1. The van der Waals surface area contributed by atoms with Crippen molar-refractivity contribution in [3.05, 3.63) is 57.4 Å². The van der Waals surface area contributed by atoms with E-state index in [2.05, 4.69) is 9.97 Å². The zero-order valence-electron chi connectivity index (χ0n) is 13.7. The number of rotatable bonds is 3. The topological polar surface area (TPSA) is 68.1 Å². The minimum absolute atomic E-state index is 0.0545. The lowest BCUT2D eigenvalue weighted by Gasteiger charge is -2.32. The highest BCUT2D eigenvalue weighted by Crippen LogP contribution is 2.22. The van der Waals surface area contributed by atoms with E-state index in [0.29, 0.717) is 30.5 Å².